The van der Waals surface area contributed by atoms with Crippen molar-refractivity contribution in [2.75, 3.05) is 0 Å². The van der Waals surface area contributed by atoms with Crippen molar-refractivity contribution in [3.63, 3.8) is 0 Å². The van der Waals surface area contributed by atoms with E-state index in [9.17, 15) is 0 Å². The third kappa shape index (κ3) is 1.80. The second kappa shape index (κ2) is 3.35. The van der Waals surface area contributed by atoms with Crippen LogP contribution in [0.25, 0.3) is 0 Å². The highest BCUT2D eigenvalue weighted by Crippen LogP contribution is 2.23. The highest BCUT2D eigenvalue weighted by Gasteiger charge is 2.20. The smallest absolute Gasteiger partial charge is 0.143 e. The third-order valence-corrected chi connectivity index (χ3v) is 2.95. The molecule has 0 heterocycles. The predicted octanol–water partition coefficient (Wildman–Crippen LogP) is 0.907. The summed E-state index contributed by atoms with van der Waals surface area (Å²) in [5, 5.41) is 0. The van der Waals surface area contributed by atoms with Crippen LogP contribution in [-0.4, -0.2) is 0 Å². The quantitative estimate of drug-likeness (QED) is 0.580. The molecule has 14 heavy (non-hydrogen) atoms. The molecule has 1 aromatic rings. The van der Waals surface area contributed by atoms with Crippen LogP contribution in [0.4, 0.5) is 0 Å². The Morgan fingerprint density at radius 1 is 0.857 bits per heavy atom. The fourth-order valence-electron chi connectivity index (χ4n) is 1.66. The molecule has 0 aliphatic heterocycles. The Hall–Kier alpha value is -0.900. The van der Waals surface area contributed by atoms with Crippen LogP contribution in [0.2, 0.25) is 0 Å². The SMILES string of the molecule is Cc1cc(C(N)(N)N)c(C)c(C)c1C. The maximum atomic E-state index is 5.70. The lowest BCUT2D eigenvalue weighted by atomic mass is 9.92. The van der Waals surface area contributed by atoms with Crippen LogP contribution in [0.5, 0.6) is 0 Å². The summed E-state index contributed by atoms with van der Waals surface area (Å²) in [5.41, 5.74) is 22.7. The van der Waals surface area contributed by atoms with Gasteiger partial charge in [0.05, 0.1) is 0 Å². The summed E-state index contributed by atoms with van der Waals surface area (Å²) in [5.74, 6) is -1.24. The van der Waals surface area contributed by atoms with Crippen LogP contribution in [0, 0.1) is 27.7 Å². The normalized spacial score (nSPS) is 11.9. The van der Waals surface area contributed by atoms with Crippen molar-refractivity contribution in [2.45, 2.75) is 33.5 Å². The Balaban J connectivity index is 3.49. The van der Waals surface area contributed by atoms with Crippen molar-refractivity contribution in [3.8, 4) is 0 Å². The lowest BCUT2D eigenvalue weighted by molar-refractivity contribution is 0.484. The molecule has 0 radical (unpaired) electrons. The molecule has 0 saturated carbocycles. The van der Waals surface area contributed by atoms with Crippen LogP contribution in [0.1, 0.15) is 27.8 Å². The summed E-state index contributed by atoms with van der Waals surface area (Å²) in [6, 6.07) is 1.97. The molecular formula is C11H19N3. The van der Waals surface area contributed by atoms with Crippen molar-refractivity contribution in [1.29, 1.82) is 0 Å². The Kier molecular flexibility index (Phi) is 2.67. The zero-order valence-electron chi connectivity index (χ0n) is 9.31. The van der Waals surface area contributed by atoms with Gasteiger partial charge in [-0.15, -0.1) is 0 Å². The molecule has 3 heteroatoms. The van der Waals surface area contributed by atoms with Crippen LogP contribution >= 0.6 is 0 Å². The fourth-order valence-corrected chi connectivity index (χ4v) is 1.66. The van der Waals surface area contributed by atoms with E-state index in [1.165, 1.54) is 16.7 Å². The molecule has 0 amide bonds. The number of nitrogens with two attached hydrogens (primary N) is 3. The Bertz CT molecular complexity index is 362. The molecule has 0 unspecified atom stereocenters. The Morgan fingerprint density at radius 2 is 1.36 bits per heavy atom. The minimum Gasteiger partial charge on any atom is -0.297 e. The van der Waals surface area contributed by atoms with Gasteiger partial charge in [0, 0.05) is 5.56 Å². The van der Waals surface area contributed by atoms with Gasteiger partial charge in [-0.25, -0.2) is 0 Å². The lowest BCUT2D eigenvalue weighted by Crippen LogP contribution is -2.55. The van der Waals surface area contributed by atoms with E-state index in [1.807, 2.05) is 19.9 Å². The number of rotatable bonds is 1. The zero-order chi connectivity index (χ0) is 11.1. The van der Waals surface area contributed by atoms with Gasteiger partial charge in [-0.1, -0.05) is 6.07 Å². The van der Waals surface area contributed by atoms with E-state index >= 15 is 0 Å². The summed E-state index contributed by atoms with van der Waals surface area (Å²) in [6.07, 6.45) is 0. The second-order valence-electron chi connectivity index (χ2n) is 4.05. The molecule has 0 aliphatic rings. The summed E-state index contributed by atoms with van der Waals surface area (Å²) < 4.78 is 0. The lowest BCUT2D eigenvalue weighted by Gasteiger charge is -2.24. The molecule has 78 valence electrons. The van der Waals surface area contributed by atoms with Crippen molar-refractivity contribution < 1.29 is 0 Å². The first kappa shape index (κ1) is 11.2. The van der Waals surface area contributed by atoms with Gasteiger partial charge in [0.2, 0.25) is 0 Å². The molecule has 0 atom stereocenters. The first-order valence-corrected chi connectivity index (χ1v) is 4.69. The molecule has 1 aromatic carbocycles. The average Bonchev–Trinajstić information content (AvgIpc) is 2.06. The minimum absolute atomic E-state index is 0.818. The largest absolute Gasteiger partial charge is 0.297 e. The van der Waals surface area contributed by atoms with Gasteiger partial charge in [0.25, 0.3) is 0 Å². The molecule has 0 aliphatic carbocycles. The minimum atomic E-state index is -1.24. The topological polar surface area (TPSA) is 78.1 Å². The molecular weight excluding hydrogens is 174 g/mol. The molecule has 0 saturated heterocycles. The van der Waals surface area contributed by atoms with E-state index in [0.717, 1.165) is 11.1 Å². The monoisotopic (exact) mass is 193 g/mol. The first-order chi connectivity index (χ1) is 6.25. The number of hydrogen-bond donors (Lipinski definition) is 3. The molecule has 1 rings (SSSR count). The van der Waals surface area contributed by atoms with Crippen LogP contribution < -0.4 is 17.2 Å². The van der Waals surface area contributed by atoms with Gasteiger partial charge in [-0.3, -0.25) is 17.2 Å². The van der Waals surface area contributed by atoms with Gasteiger partial charge >= 0.3 is 0 Å². The molecule has 0 bridgehead atoms. The summed E-state index contributed by atoms with van der Waals surface area (Å²) >= 11 is 0. The van der Waals surface area contributed by atoms with Crippen LogP contribution in [-0.2, 0) is 5.79 Å². The van der Waals surface area contributed by atoms with Gasteiger partial charge < -0.3 is 0 Å². The summed E-state index contributed by atoms with van der Waals surface area (Å²) in [4.78, 5) is 0. The van der Waals surface area contributed by atoms with E-state index < -0.39 is 5.79 Å². The standard InChI is InChI=1S/C11H19N3/c1-6-5-10(11(12,13)14)9(4)8(3)7(6)2/h5H,12-14H2,1-4H3. The van der Waals surface area contributed by atoms with Gasteiger partial charge in [-0.05, 0) is 49.9 Å². The van der Waals surface area contributed by atoms with Crippen LogP contribution in [0.15, 0.2) is 6.07 Å². The van der Waals surface area contributed by atoms with Gasteiger partial charge in [0.15, 0.2) is 0 Å². The van der Waals surface area contributed by atoms with E-state index in [4.69, 9.17) is 17.2 Å². The van der Waals surface area contributed by atoms with E-state index in [-0.39, 0.29) is 0 Å². The summed E-state index contributed by atoms with van der Waals surface area (Å²) in [6.45, 7) is 8.19. The van der Waals surface area contributed by atoms with Crippen molar-refractivity contribution in [2.24, 2.45) is 17.2 Å². The Morgan fingerprint density at radius 3 is 1.79 bits per heavy atom. The second-order valence-corrected chi connectivity index (χ2v) is 4.05. The van der Waals surface area contributed by atoms with Crippen LogP contribution in [0.3, 0.4) is 0 Å². The molecule has 6 N–H and O–H groups in total. The van der Waals surface area contributed by atoms with Gasteiger partial charge in [-0.2, -0.15) is 0 Å². The summed E-state index contributed by atoms with van der Waals surface area (Å²) in [7, 11) is 0. The third-order valence-electron chi connectivity index (χ3n) is 2.95. The molecule has 3 nitrogen and oxygen atoms in total. The average molecular weight is 193 g/mol. The first-order valence-electron chi connectivity index (χ1n) is 4.69. The zero-order valence-corrected chi connectivity index (χ0v) is 9.31. The number of benzene rings is 1. The molecule has 0 fully saturated rings. The van der Waals surface area contributed by atoms with Crippen molar-refractivity contribution in [1.82, 2.24) is 0 Å². The van der Waals surface area contributed by atoms with Crippen molar-refractivity contribution in [3.05, 3.63) is 33.9 Å². The van der Waals surface area contributed by atoms with Crippen molar-refractivity contribution >= 4 is 0 Å². The highest BCUT2D eigenvalue weighted by atomic mass is 15.1. The molecule has 0 aromatic heterocycles. The number of aryl methyl sites for hydroxylation is 1. The maximum Gasteiger partial charge on any atom is 0.143 e. The van der Waals surface area contributed by atoms with E-state index in [0.29, 0.717) is 0 Å². The van der Waals surface area contributed by atoms with Gasteiger partial charge in [0.1, 0.15) is 5.79 Å². The van der Waals surface area contributed by atoms with E-state index in [2.05, 4.69) is 13.8 Å². The molecule has 0 spiro atoms. The number of hydrogen-bond acceptors (Lipinski definition) is 3. The predicted molar refractivity (Wildman–Crippen MR) is 59.6 cm³/mol. The Labute approximate surface area is 85.3 Å². The maximum absolute atomic E-state index is 5.70. The van der Waals surface area contributed by atoms with E-state index in [1.54, 1.807) is 0 Å². The highest BCUT2D eigenvalue weighted by molar-refractivity contribution is 5.45. The fraction of sp³-hybridized carbons (Fsp3) is 0.455.